The molecule has 0 aliphatic heterocycles. The summed E-state index contributed by atoms with van der Waals surface area (Å²) in [7, 11) is 0. The lowest BCUT2D eigenvalue weighted by Crippen LogP contribution is -2.25. The highest BCUT2D eigenvalue weighted by atomic mass is 16.6. The minimum absolute atomic E-state index is 0.117. The van der Waals surface area contributed by atoms with Crippen LogP contribution in [-0.4, -0.2) is 17.4 Å². The SMILES string of the molecule is Cc1ccc(CC(=O)CC(=O)OC(C)(C)C)cc1. The van der Waals surface area contributed by atoms with Crippen LogP contribution in [0.2, 0.25) is 0 Å². The maximum absolute atomic E-state index is 11.7. The third-order valence-corrected chi connectivity index (χ3v) is 2.28. The largest absolute Gasteiger partial charge is 0.460 e. The zero-order chi connectivity index (χ0) is 13.8. The molecule has 0 saturated carbocycles. The van der Waals surface area contributed by atoms with Crippen molar-refractivity contribution in [1.29, 1.82) is 0 Å². The summed E-state index contributed by atoms with van der Waals surface area (Å²) in [5.74, 6) is -0.576. The standard InChI is InChI=1S/C15H20O3/c1-11-5-7-12(8-6-11)9-13(16)10-14(17)18-15(2,3)4/h5-8H,9-10H2,1-4H3. The predicted molar refractivity (Wildman–Crippen MR) is 70.4 cm³/mol. The van der Waals surface area contributed by atoms with Crippen molar-refractivity contribution in [2.45, 2.75) is 46.1 Å². The molecule has 1 aromatic carbocycles. The number of hydrogen-bond donors (Lipinski definition) is 0. The van der Waals surface area contributed by atoms with Crippen LogP contribution in [0.1, 0.15) is 38.3 Å². The van der Waals surface area contributed by atoms with Crippen LogP contribution in [0, 0.1) is 6.92 Å². The third-order valence-electron chi connectivity index (χ3n) is 2.28. The van der Waals surface area contributed by atoms with Gasteiger partial charge in [0, 0.05) is 6.42 Å². The van der Waals surface area contributed by atoms with Crippen LogP contribution in [0.4, 0.5) is 0 Å². The molecule has 0 bridgehead atoms. The molecule has 0 unspecified atom stereocenters. The third kappa shape index (κ3) is 5.62. The van der Waals surface area contributed by atoms with Crippen molar-refractivity contribution in [3.05, 3.63) is 35.4 Å². The molecule has 0 aliphatic carbocycles. The second-order valence-corrected chi connectivity index (χ2v) is 5.46. The van der Waals surface area contributed by atoms with Gasteiger partial charge in [0.2, 0.25) is 0 Å². The first-order valence-electron chi connectivity index (χ1n) is 6.05. The topological polar surface area (TPSA) is 43.4 Å². The minimum Gasteiger partial charge on any atom is -0.460 e. The van der Waals surface area contributed by atoms with Gasteiger partial charge < -0.3 is 4.74 Å². The Hall–Kier alpha value is -1.64. The molecule has 0 heterocycles. The fourth-order valence-electron chi connectivity index (χ4n) is 1.53. The van der Waals surface area contributed by atoms with Gasteiger partial charge in [0.05, 0.1) is 0 Å². The summed E-state index contributed by atoms with van der Waals surface area (Å²) in [4.78, 5) is 23.2. The van der Waals surface area contributed by atoms with Gasteiger partial charge in [0.25, 0.3) is 0 Å². The number of benzene rings is 1. The molecule has 0 amide bonds. The summed E-state index contributed by atoms with van der Waals surface area (Å²) in [6, 6.07) is 7.72. The highest BCUT2D eigenvalue weighted by Gasteiger charge is 2.18. The molecular formula is C15H20O3. The average Bonchev–Trinajstić information content (AvgIpc) is 2.18. The van der Waals surface area contributed by atoms with E-state index in [1.807, 2.05) is 31.2 Å². The van der Waals surface area contributed by atoms with Gasteiger partial charge in [-0.05, 0) is 33.3 Å². The summed E-state index contributed by atoms with van der Waals surface area (Å²) in [6.45, 7) is 7.35. The summed E-state index contributed by atoms with van der Waals surface area (Å²) in [5, 5.41) is 0. The van der Waals surface area contributed by atoms with Gasteiger partial charge in [0.15, 0.2) is 0 Å². The highest BCUT2D eigenvalue weighted by molar-refractivity contribution is 5.96. The Morgan fingerprint density at radius 1 is 1.11 bits per heavy atom. The molecule has 1 aromatic rings. The second kappa shape index (κ2) is 5.80. The van der Waals surface area contributed by atoms with Crippen LogP contribution in [0.25, 0.3) is 0 Å². The maximum Gasteiger partial charge on any atom is 0.313 e. The molecule has 3 heteroatoms. The van der Waals surface area contributed by atoms with E-state index >= 15 is 0 Å². The molecule has 0 saturated heterocycles. The average molecular weight is 248 g/mol. The number of Topliss-reactive ketones (excluding diaryl/α,β-unsaturated/α-hetero) is 1. The fourth-order valence-corrected chi connectivity index (χ4v) is 1.53. The number of esters is 1. The van der Waals surface area contributed by atoms with Crippen molar-refractivity contribution in [2.75, 3.05) is 0 Å². The van der Waals surface area contributed by atoms with Crippen LogP contribution in [0.5, 0.6) is 0 Å². The quantitative estimate of drug-likeness (QED) is 0.608. The number of rotatable bonds is 4. The highest BCUT2D eigenvalue weighted by Crippen LogP contribution is 2.10. The van der Waals surface area contributed by atoms with Crippen LogP contribution in [-0.2, 0) is 20.7 Å². The fraction of sp³-hybridized carbons (Fsp3) is 0.467. The monoisotopic (exact) mass is 248 g/mol. The van der Waals surface area contributed by atoms with E-state index in [9.17, 15) is 9.59 Å². The number of aryl methyl sites for hydroxylation is 1. The molecule has 0 atom stereocenters. The van der Waals surface area contributed by atoms with Crippen molar-refractivity contribution < 1.29 is 14.3 Å². The zero-order valence-corrected chi connectivity index (χ0v) is 11.4. The molecule has 3 nitrogen and oxygen atoms in total. The van der Waals surface area contributed by atoms with E-state index in [2.05, 4.69) is 0 Å². The molecule has 0 N–H and O–H groups in total. The lowest BCUT2D eigenvalue weighted by molar-refractivity contribution is -0.156. The Labute approximate surface area is 108 Å². The maximum atomic E-state index is 11.7. The van der Waals surface area contributed by atoms with Gasteiger partial charge in [-0.15, -0.1) is 0 Å². The van der Waals surface area contributed by atoms with E-state index in [0.29, 0.717) is 0 Å². The van der Waals surface area contributed by atoms with Crippen LogP contribution >= 0.6 is 0 Å². The minimum atomic E-state index is -0.540. The number of ketones is 1. The molecule has 0 aliphatic rings. The van der Waals surface area contributed by atoms with Crippen LogP contribution < -0.4 is 0 Å². The van der Waals surface area contributed by atoms with Crippen molar-refractivity contribution in [3.8, 4) is 0 Å². The van der Waals surface area contributed by atoms with E-state index < -0.39 is 11.6 Å². The summed E-state index contributed by atoms with van der Waals surface area (Å²) in [5.41, 5.74) is 1.54. The van der Waals surface area contributed by atoms with Crippen molar-refractivity contribution in [2.24, 2.45) is 0 Å². The first kappa shape index (κ1) is 14.4. The predicted octanol–water partition coefficient (Wildman–Crippen LogP) is 2.84. The van der Waals surface area contributed by atoms with E-state index in [0.717, 1.165) is 11.1 Å². The van der Waals surface area contributed by atoms with Gasteiger partial charge >= 0.3 is 5.97 Å². The molecule has 0 fully saturated rings. The molecular weight excluding hydrogens is 228 g/mol. The lowest BCUT2D eigenvalue weighted by atomic mass is 10.1. The van der Waals surface area contributed by atoms with Gasteiger partial charge in [-0.1, -0.05) is 29.8 Å². The molecule has 98 valence electrons. The molecule has 0 radical (unpaired) electrons. The molecule has 0 aromatic heterocycles. The van der Waals surface area contributed by atoms with E-state index in [4.69, 9.17) is 4.74 Å². The molecule has 1 rings (SSSR count). The van der Waals surface area contributed by atoms with Gasteiger partial charge in [-0.2, -0.15) is 0 Å². The van der Waals surface area contributed by atoms with Gasteiger partial charge in [-0.3, -0.25) is 9.59 Å². The first-order chi connectivity index (χ1) is 8.26. The van der Waals surface area contributed by atoms with Crippen molar-refractivity contribution in [1.82, 2.24) is 0 Å². The van der Waals surface area contributed by atoms with Crippen LogP contribution in [0.3, 0.4) is 0 Å². The smallest absolute Gasteiger partial charge is 0.313 e. The summed E-state index contributed by atoms with van der Waals surface area (Å²) < 4.78 is 5.11. The number of hydrogen-bond acceptors (Lipinski definition) is 3. The number of ether oxygens (including phenoxy) is 1. The van der Waals surface area contributed by atoms with Gasteiger partial charge in [0.1, 0.15) is 17.8 Å². The summed E-state index contributed by atoms with van der Waals surface area (Å²) in [6.07, 6.45) is 0.116. The van der Waals surface area contributed by atoms with E-state index in [1.54, 1.807) is 20.8 Å². The molecule has 0 spiro atoms. The lowest BCUT2D eigenvalue weighted by Gasteiger charge is -2.19. The van der Waals surface area contributed by atoms with E-state index in [1.165, 1.54) is 0 Å². The first-order valence-corrected chi connectivity index (χ1v) is 6.05. The Balaban J connectivity index is 2.47. The Bertz CT molecular complexity index is 424. The van der Waals surface area contributed by atoms with E-state index in [-0.39, 0.29) is 18.6 Å². The molecule has 18 heavy (non-hydrogen) atoms. The number of carbonyl (C=O) groups is 2. The normalized spacial score (nSPS) is 11.1. The second-order valence-electron chi connectivity index (χ2n) is 5.46. The number of carbonyl (C=O) groups excluding carboxylic acids is 2. The van der Waals surface area contributed by atoms with Crippen molar-refractivity contribution in [3.63, 3.8) is 0 Å². The van der Waals surface area contributed by atoms with Gasteiger partial charge in [-0.25, -0.2) is 0 Å². The van der Waals surface area contributed by atoms with Crippen molar-refractivity contribution >= 4 is 11.8 Å². The Morgan fingerprint density at radius 3 is 2.17 bits per heavy atom. The summed E-state index contributed by atoms with van der Waals surface area (Å²) >= 11 is 0. The Morgan fingerprint density at radius 2 is 1.67 bits per heavy atom. The Kier molecular flexibility index (Phi) is 4.65. The van der Waals surface area contributed by atoms with Crippen LogP contribution in [0.15, 0.2) is 24.3 Å². The zero-order valence-electron chi connectivity index (χ0n) is 11.4.